The standard InChI is InChI=1S/C51H91N5O18/c1-47(2)49-52-50(54-51(53-49)56(48-9-7-6-8-10-48)13-16-62-25-28-68-37-40-74-46-43-71-34-31-65-22-19-59-5)55(11-14-60-23-26-66-35-38-72-44-41-69-32-29-63-20-17-57-3)12-15-61-24-27-67-36-39-73-45-42-70-33-30-64-21-18-58-4/h6-10H,1,11-46H2,2-5H3. The second-order valence-electron chi connectivity index (χ2n) is 15.7. The van der Waals surface area contributed by atoms with E-state index in [4.69, 9.17) is 100 Å². The molecule has 2 aromatic rings. The number of methoxy groups -OCH3 is 3. The van der Waals surface area contributed by atoms with Crippen LogP contribution in [-0.2, 0) is 85.3 Å². The first-order chi connectivity index (χ1) is 36.6. The van der Waals surface area contributed by atoms with Crippen molar-refractivity contribution in [2.24, 2.45) is 0 Å². The Hall–Kier alpha value is -3.15. The zero-order valence-corrected chi connectivity index (χ0v) is 45.1. The second-order valence-corrected chi connectivity index (χ2v) is 15.7. The van der Waals surface area contributed by atoms with E-state index in [1.54, 1.807) is 21.3 Å². The molecule has 23 heteroatoms. The van der Waals surface area contributed by atoms with E-state index in [1.165, 1.54) is 0 Å². The summed E-state index contributed by atoms with van der Waals surface area (Å²) in [5.41, 5.74) is 1.59. The van der Waals surface area contributed by atoms with Gasteiger partial charge in [-0.1, -0.05) is 24.8 Å². The van der Waals surface area contributed by atoms with E-state index in [0.29, 0.717) is 261 Å². The lowest BCUT2D eigenvalue weighted by Crippen LogP contribution is -2.34. The molecule has 0 aliphatic carbocycles. The van der Waals surface area contributed by atoms with Gasteiger partial charge in [-0.15, -0.1) is 0 Å². The Kier molecular flexibility index (Phi) is 47.0. The van der Waals surface area contributed by atoms with Gasteiger partial charge in [0.15, 0.2) is 5.82 Å². The molecule has 1 aromatic heterocycles. The molecule has 0 saturated heterocycles. The first kappa shape index (κ1) is 67.0. The minimum Gasteiger partial charge on any atom is -0.382 e. The summed E-state index contributed by atoms with van der Waals surface area (Å²) in [5, 5.41) is 0. The molecule has 0 fully saturated rings. The molecule has 0 spiro atoms. The molecule has 428 valence electrons. The quantitative estimate of drug-likeness (QED) is 0.0872. The van der Waals surface area contributed by atoms with E-state index in [9.17, 15) is 0 Å². The van der Waals surface area contributed by atoms with Crippen LogP contribution in [0.2, 0.25) is 0 Å². The number of allylic oxidation sites excluding steroid dienone is 1. The average molecular weight is 1060 g/mol. The molecule has 0 radical (unpaired) electrons. The van der Waals surface area contributed by atoms with Gasteiger partial charge in [0.2, 0.25) is 11.9 Å². The Balaban J connectivity index is 1.89. The van der Waals surface area contributed by atoms with Gasteiger partial charge in [-0.2, -0.15) is 15.0 Å². The molecule has 1 aromatic carbocycles. The van der Waals surface area contributed by atoms with Crippen LogP contribution in [0.1, 0.15) is 12.7 Å². The Morgan fingerprint density at radius 2 is 0.595 bits per heavy atom. The number of rotatable bonds is 58. The van der Waals surface area contributed by atoms with Gasteiger partial charge in [0.05, 0.1) is 218 Å². The van der Waals surface area contributed by atoms with Crippen LogP contribution in [0.5, 0.6) is 0 Å². The number of benzene rings is 1. The van der Waals surface area contributed by atoms with Crippen molar-refractivity contribution in [1.82, 2.24) is 15.0 Å². The normalized spacial score (nSPS) is 11.5. The maximum absolute atomic E-state index is 6.02. The first-order valence-electron chi connectivity index (χ1n) is 25.7. The highest BCUT2D eigenvalue weighted by atomic mass is 16.6. The third-order valence-electron chi connectivity index (χ3n) is 9.82. The SMILES string of the molecule is C=C(C)c1nc(N(CCOCCOCCOCCOCCOCCOC)CCOCCOCCOCCOCCOCCOC)nc(N(CCOCCOCCOCCOCCOCCOC)c2ccccc2)n1. The zero-order valence-electron chi connectivity index (χ0n) is 45.1. The fraction of sp³-hybridized carbons (Fsp3) is 0.784. The van der Waals surface area contributed by atoms with E-state index >= 15 is 0 Å². The third-order valence-corrected chi connectivity index (χ3v) is 9.82. The number of hydrogen-bond donors (Lipinski definition) is 0. The lowest BCUT2D eigenvalue weighted by atomic mass is 10.3. The molecular weight excluding hydrogens is 971 g/mol. The van der Waals surface area contributed by atoms with Gasteiger partial charge in [0, 0.05) is 46.7 Å². The highest BCUT2D eigenvalue weighted by molar-refractivity contribution is 5.62. The van der Waals surface area contributed by atoms with Gasteiger partial charge in [-0.3, -0.25) is 0 Å². The molecule has 23 nitrogen and oxygen atoms in total. The lowest BCUT2D eigenvalue weighted by Gasteiger charge is -2.27. The summed E-state index contributed by atoms with van der Waals surface area (Å²) in [6.07, 6.45) is 0. The number of nitrogens with zero attached hydrogens (tertiary/aromatic N) is 5. The zero-order chi connectivity index (χ0) is 52.9. The second kappa shape index (κ2) is 51.9. The van der Waals surface area contributed by atoms with Crippen molar-refractivity contribution < 1.29 is 85.3 Å². The van der Waals surface area contributed by atoms with Crippen LogP contribution in [0, 0.1) is 0 Å². The smallest absolute Gasteiger partial charge is 0.235 e. The Bertz CT molecular complexity index is 1480. The monoisotopic (exact) mass is 1060 g/mol. The third kappa shape index (κ3) is 39.3. The van der Waals surface area contributed by atoms with Gasteiger partial charge < -0.3 is 95.1 Å². The number of ether oxygens (including phenoxy) is 18. The van der Waals surface area contributed by atoms with Crippen molar-refractivity contribution in [2.75, 3.05) is 269 Å². The van der Waals surface area contributed by atoms with Crippen molar-refractivity contribution in [3.05, 3.63) is 42.7 Å². The fourth-order valence-electron chi connectivity index (χ4n) is 5.95. The minimum absolute atomic E-state index is 0.386. The predicted octanol–water partition coefficient (Wildman–Crippen LogP) is 3.04. The van der Waals surface area contributed by atoms with Crippen LogP contribution >= 0.6 is 0 Å². The van der Waals surface area contributed by atoms with Gasteiger partial charge in [0.1, 0.15) is 0 Å². The topological polar surface area (TPSA) is 211 Å². The van der Waals surface area contributed by atoms with Crippen LogP contribution in [0.15, 0.2) is 36.9 Å². The van der Waals surface area contributed by atoms with Crippen molar-refractivity contribution >= 4 is 23.2 Å². The summed E-state index contributed by atoms with van der Waals surface area (Å²) in [6.45, 7) is 23.2. The van der Waals surface area contributed by atoms with Gasteiger partial charge in [-0.25, -0.2) is 0 Å². The summed E-state index contributed by atoms with van der Waals surface area (Å²) < 4.78 is 99.6. The Morgan fingerprint density at radius 1 is 0.338 bits per heavy atom. The van der Waals surface area contributed by atoms with Crippen LogP contribution in [0.3, 0.4) is 0 Å². The number of para-hydroxylation sites is 1. The molecule has 1 heterocycles. The van der Waals surface area contributed by atoms with E-state index in [-0.39, 0.29) is 0 Å². The summed E-state index contributed by atoms with van der Waals surface area (Å²) in [7, 11) is 4.93. The average Bonchev–Trinajstić information content (AvgIpc) is 3.41. The van der Waals surface area contributed by atoms with E-state index in [2.05, 4.69) is 6.58 Å². The van der Waals surface area contributed by atoms with Crippen molar-refractivity contribution in [3.63, 3.8) is 0 Å². The molecule has 0 amide bonds. The molecular formula is C51H91N5O18. The fourth-order valence-corrected chi connectivity index (χ4v) is 5.95. The van der Waals surface area contributed by atoms with Crippen molar-refractivity contribution in [1.29, 1.82) is 0 Å². The lowest BCUT2D eigenvalue weighted by molar-refractivity contribution is -0.0149. The molecule has 0 saturated carbocycles. The first-order valence-corrected chi connectivity index (χ1v) is 25.7. The Morgan fingerprint density at radius 3 is 0.878 bits per heavy atom. The number of aromatic nitrogens is 3. The maximum Gasteiger partial charge on any atom is 0.235 e. The van der Waals surface area contributed by atoms with Crippen LogP contribution in [0.25, 0.3) is 5.57 Å². The van der Waals surface area contributed by atoms with Crippen LogP contribution in [0.4, 0.5) is 17.6 Å². The molecule has 0 N–H and O–H groups in total. The summed E-state index contributed by atoms with van der Waals surface area (Å²) >= 11 is 0. The Labute approximate surface area is 440 Å². The van der Waals surface area contributed by atoms with E-state index in [0.717, 1.165) is 5.69 Å². The highest BCUT2D eigenvalue weighted by Crippen LogP contribution is 2.25. The van der Waals surface area contributed by atoms with Crippen molar-refractivity contribution in [2.45, 2.75) is 6.92 Å². The van der Waals surface area contributed by atoms with E-state index in [1.807, 2.05) is 47.1 Å². The molecule has 0 aliphatic rings. The largest absolute Gasteiger partial charge is 0.382 e. The molecule has 0 atom stereocenters. The van der Waals surface area contributed by atoms with Gasteiger partial charge in [0.25, 0.3) is 0 Å². The van der Waals surface area contributed by atoms with Crippen molar-refractivity contribution in [3.8, 4) is 0 Å². The number of hydrogen-bond acceptors (Lipinski definition) is 23. The van der Waals surface area contributed by atoms with Crippen LogP contribution < -0.4 is 9.80 Å². The number of anilines is 3. The van der Waals surface area contributed by atoms with Gasteiger partial charge in [-0.05, 0) is 24.6 Å². The molecule has 2 rings (SSSR count). The highest BCUT2D eigenvalue weighted by Gasteiger charge is 2.20. The summed E-state index contributed by atoms with van der Waals surface area (Å²) in [5.74, 6) is 1.38. The predicted molar refractivity (Wildman–Crippen MR) is 278 cm³/mol. The molecule has 0 bridgehead atoms. The summed E-state index contributed by atoms with van der Waals surface area (Å²) in [6, 6.07) is 9.93. The van der Waals surface area contributed by atoms with E-state index < -0.39 is 0 Å². The molecule has 0 aliphatic heterocycles. The maximum atomic E-state index is 6.02. The molecule has 74 heavy (non-hydrogen) atoms. The van der Waals surface area contributed by atoms with Crippen LogP contribution in [-0.4, -0.2) is 274 Å². The molecule has 0 unspecified atom stereocenters. The van der Waals surface area contributed by atoms with Gasteiger partial charge >= 0.3 is 0 Å². The summed E-state index contributed by atoms with van der Waals surface area (Å²) in [4.78, 5) is 18.8. The minimum atomic E-state index is 0.386.